The molecule has 1 amide bonds. The Morgan fingerprint density at radius 2 is 1.74 bits per heavy atom. The molecule has 2 aromatic carbocycles. The standard InChI is InChI=1S/C30H31F3N2O6S/c1-30(2,37)27-14-19(8-10-34-27)17-35(22-9-13-42(38,39)18-22)29(36)28(41-12-11-40-3)23-6-4-20(15-25(23)32)21-5-7-24(31)26(33)16-21/h4-10,13-16,22,28,37H,11-12,17-18H2,1-3H3/t22-,28?/m1/s1. The first kappa shape index (κ1) is 31.4. The average Bonchev–Trinajstić information content (AvgIpc) is 3.30. The van der Waals surface area contributed by atoms with E-state index in [4.69, 9.17) is 9.47 Å². The number of benzene rings is 2. The summed E-state index contributed by atoms with van der Waals surface area (Å²) >= 11 is 0. The van der Waals surface area contributed by atoms with Gasteiger partial charge >= 0.3 is 0 Å². The summed E-state index contributed by atoms with van der Waals surface area (Å²) in [6, 6.07) is 9.38. The number of hydrogen-bond acceptors (Lipinski definition) is 7. The van der Waals surface area contributed by atoms with Crippen LogP contribution in [0.2, 0.25) is 0 Å². The van der Waals surface area contributed by atoms with Crippen LogP contribution in [0, 0.1) is 17.5 Å². The van der Waals surface area contributed by atoms with E-state index in [0.29, 0.717) is 11.3 Å². The predicted molar refractivity (Wildman–Crippen MR) is 149 cm³/mol. The largest absolute Gasteiger partial charge is 0.384 e. The summed E-state index contributed by atoms with van der Waals surface area (Å²) in [5, 5.41) is 11.4. The number of carbonyl (C=O) groups is 1. The minimum Gasteiger partial charge on any atom is -0.384 e. The summed E-state index contributed by atoms with van der Waals surface area (Å²) in [5.41, 5.74) is -0.0385. The maximum absolute atomic E-state index is 15.6. The zero-order valence-electron chi connectivity index (χ0n) is 23.3. The molecular formula is C30H31F3N2O6S. The third-order valence-electron chi connectivity index (χ3n) is 6.73. The number of amides is 1. The van der Waals surface area contributed by atoms with Gasteiger partial charge in [0.2, 0.25) is 0 Å². The Balaban J connectivity index is 1.73. The van der Waals surface area contributed by atoms with Crippen LogP contribution in [-0.4, -0.2) is 61.4 Å². The first-order valence-corrected chi connectivity index (χ1v) is 14.8. The monoisotopic (exact) mass is 604 g/mol. The van der Waals surface area contributed by atoms with Crippen molar-refractivity contribution in [2.24, 2.45) is 0 Å². The summed E-state index contributed by atoms with van der Waals surface area (Å²) in [5.74, 6) is -4.05. The van der Waals surface area contributed by atoms with Crippen molar-refractivity contribution in [3.63, 3.8) is 0 Å². The van der Waals surface area contributed by atoms with Gasteiger partial charge in [-0.1, -0.05) is 18.2 Å². The fraction of sp³-hybridized carbons (Fsp3) is 0.333. The van der Waals surface area contributed by atoms with Gasteiger partial charge in [-0.2, -0.15) is 0 Å². The molecule has 0 radical (unpaired) electrons. The van der Waals surface area contributed by atoms with Gasteiger partial charge in [-0.05, 0) is 66.9 Å². The van der Waals surface area contributed by atoms with Crippen molar-refractivity contribution in [3.8, 4) is 11.1 Å². The van der Waals surface area contributed by atoms with Crippen molar-refractivity contribution in [2.45, 2.75) is 38.1 Å². The second-order valence-electron chi connectivity index (χ2n) is 10.4. The number of hydrogen-bond donors (Lipinski definition) is 1. The summed E-state index contributed by atoms with van der Waals surface area (Å²) < 4.78 is 78.3. The van der Waals surface area contributed by atoms with Gasteiger partial charge in [-0.3, -0.25) is 9.78 Å². The van der Waals surface area contributed by atoms with Gasteiger partial charge in [0.15, 0.2) is 27.6 Å². The molecule has 1 aromatic heterocycles. The van der Waals surface area contributed by atoms with Gasteiger partial charge in [0.25, 0.3) is 5.91 Å². The Labute approximate surface area is 242 Å². The molecule has 0 spiro atoms. The highest BCUT2D eigenvalue weighted by atomic mass is 32.2. The second kappa shape index (κ2) is 12.7. The fourth-order valence-electron chi connectivity index (χ4n) is 4.50. The number of pyridine rings is 1. The predicted octanol–water partition coefficient (Wildman–Crippen LogP) is 4.44. The van der Waals surface area contributed by atoms with Crippen molar-refractivity contribution in [1.82, 2.24) is 9.88 Å². The van der Waals surface area contributed by atoms with Crippen LogP contribution >= 0.6 is 0 Å². The lowest BCUT2D eigenvalue weighted by molar-refractivity contribution is -0.147. The van der Waals surface area contributed by atoms with Gasteiger partial charge < -0.3 is 19.5 Å². The van der Waals surface area contributed by atoms with E-state index in [2.05, 4.69) is 4.98 Å². The van der Waals surface area contributed by atoms with Crippen molar-refractivity contribution in [2.75, 3.05) is 26.1 Å². The zero-order chi connectivity index (χ0) is 30.7. The second-order valence-corrected chi connectivity index (χ2v) is 12.3. The topological polar surface area (TPSA) is 106 Å². The molecule has 1 unspecified atom stereocenters. The van der Waals surface area contributed by atoms with Crippen molar-refractivity contribution < 1.29 is 41.0 Å². The average molecular weight is 605 g/mol. The van der Waals surface area contributed by atoms with E-state index in [1.165, 1.54) is 42.5 Å². The van der Waals surface area contributed by atoms with Crippen LogP contribution in [0.1, 0.15) is 36.8 Å². The molecule has 0 fully saturated rings. The highest BCUT2D eigenvalue weighted by molar-refractivity contribution is 7.94. The van der Waals surface area contributed by atoms with Crippen LogP contribution in [0.15, 0.2) is 66.2 Å². The minimum absolute atomic E-state index is 0.0813. The summed E-state index contributed by atoms with van der Waals surface area (Å²) in [4.78, 5) is 19.6. The molecule has 0 saturated carbocycles. The number of carbonyl (C=O) groups excluding carboxylic acids is 1. The van der Waals surface area contributed by atoms with Crippen LogP contribution in [0.5, 0.6) is 0 Å². The quantitative estimate of drug-likeness (QED) is 0.323. The highest BCUT2D eigenvalue weighted by Crippen LogP contribution is 2.31. The first-order valence-electron chi connectivity index (χ1n) is 13.0. The molecular weight excluding hydrogens is 573 g/mol. The molecule has 1 aliphatic heterocycles. The minimum atomic E-state index is -3.58. The molecule has 0 bridgehead atoms. The van der Waals surface area contributed by atoms with Crippen molar-refractivity contribution in [1.29, 1.82) is 0 Å². The number of rotatable bonds is 11. The normalized spacial score (nSPS) is 16.9. The highest BCUT2D eigenvalue weighted by Gasteiger charge is 2.36. The molecule has 2 heterocycles. The maximum atomic E-state index is 15.6. The molecule has 42 heavy (non-hydrogen) atoms. The lowest BCUT2D eigenvalue weighted by atomic mass is 9.99. The lowest BCUT2D eigenvalue weighted by Gasteiger charge is -2.32. The number of methoxy groups -OCH3 is 1. The molecule has 224 valence electrons. The molecule has 4 rings (SSSR count). The van der Waals surface area contributed by atoms with Crippen LogP contribution < -0.4 is 0 Å². The van der Waals surface area contributed by atoms with E-state index in [1.807, 2.05) is 0 Å². The number of aromatic nitrogens is 1. The molecule has 1 N–H and O–H groups in total. The van der Waals surface area contributed by atoms with E-state index >= 15 is 4.39 Å². The number of nitrogens with zero attached hydrogens (tertiary/aromatic N) is 2. The Morgan fingerprint density at radius 3 is 2.33 bits per heavy atom. The Bertz CT molecular complexity index is 1590. The Hall–Kier alpha value is -3.58. The smallest absolute Gasteiger partial charge is 0.257 e. The number of aliphatic hydroxyl groups is 1. The van der Waals surface area contributed by atoms with Crippen molar-refractivity contribution in [3.05, 3.63) is 100 Å². The van der Waals surface area contributed by atoms with Gasteiger partial charge in [0.1, 0.15) is 11.4 Å². The zero-order valence-corrected chi connectivity index (χ0v) is 24.1. The van der Waals surface area contributed by atoms with Crippen LogP contribution in [0.4, 0.5) is 13.2 Å². The van der Waals surface area contributed by atoms with E-state index in [9.17, 15) is 27.1 Å². The van der Waals surface area contributed by atoms with Crippen molar-refractivity contribution >= 4 is 15.7 Å². The van der Waals surface area contributed by atoms with Gasteiger partial charge in [-0.15, -0.1) is 0 Å². The summed E-state index contributed by atoms with van der Waals surface area (Å²) in [6.07, 6.45) is 1.36. The van der Waals surface area contributed by atoms with Gasteiger partial charge in [0.05, 0.1) is 30.7 Å². The molecule has 12 heteroatoms. The summed E-state index contributed by atoms with van der Waals surface area (Å²) in [6.45, 7) is 3.03. The first-order chi connectivity index (χ1) is 19.8. The van der Waals surface area contributed by atoms with Gasteiger partial charge in [-0.25, -0.2) is 21.6 Å². The number of ether oxygens (including phenoxy) is 2. The molecule has 1 aliphatic rings. The number of halogens is 3. The van der Waals surface area contributed by atoms with Crippen LogP contribution in [0.3, 0.4) is 0 Å². The van der Waals surface area contributed by atoms with E-state index in [-0.39, 0.29) is 42.2 Å². The van der Waals surface area contributed by atoms with E-state index < -0.39 is 50.9 Å². The lowest BCUT2D eigenvalue weighted by Crippen LogP contribution is -2.44. The Kier molecular flexibility index (Phi) is 9.51. The number of sulfone groups is 1. The third-order valence-corrected chi connectivity index (χ3v) is 8.11. The summed E-state index contributed by atoms with van der Waals surface area (Å²) in [7, 11) is -2.15. The third kappa shape index (κ3) is 7.43. The van der Waals surface area contributed by atoms with Crippen LogP contribution in [-0.2, 0) is 36.3 Å². The molecule has 2 atom stereocenters. The van der Waals surface area contributed by atoms with Crippen LogP contribution in [0.25, 0.3) is 11.1 Å². The molecule has 3 aromatic rings. The van der Waals surface area contributed by atoms with E-state index in [1.54, 1.807) is 26.0 Å². The molecule has 0 aliphatic carbocycles. The molecule has 8 nitrogen and oxygen atoms in total. The molecule has 0 saturated heterocycles. The fourth-order valence-corrected chi connectivity index (χ4v) is 5.80. The Morgan fingerprint density at radius 1 is 1.05 bits per heavy atom. The van der Waals surface area contributed by atoms with E-state index in [0.717, 1.165) is 23.6 Å². The van der Waals surface area contributed by atoms with Gasteiger partial charge in [0, 0.05) is 30.8 Å². The maximum Gasteiger partial charge on any atom is 0.257 e. The SMILES string of the molecule is COCCOC(C(=O)N(Cc1ccnc(C(C)(C)O)c1)[C@@H]1C=CS(=O)(=O)C1)c1ccc(-c2ccc(F)c(F)c2)cc1F.